The fraction of sp³-hybridized carbons (Fsp3) is 0.200. The molecule has 7 nitrogen and oxygen atoms in total. The van der Waals surface area contributed by atoms with Crippen molar-refractivity contribution in [1.82, 2.24) is 14.8 Å². The Morgan fingerprint density at radius 1 is 1.21 bits per heavy atom. The highest BCUT2D eigenvalue weighted by Gasteiger charge is 2.11. The van der Waals surface area contributed by atoms with Crippen LogP contribution in [0, 0.1) is 13.8 Å². The minimum absolute atomic E-state index is 0.320. The molecule has 0 amide bonds. The third-order valence-corrected chi connectivity index (χ3v) is 4.32. The maximum atomic E-state index is 11.8. The topological polar surface area (TPSA) is 81.4 Å². The van der Waals surface area contributed by atoms with Crippen LogP contribution in [-0.2, 0) is 4.74 Å². The minimum atomic E-state index is -0.320. The first-order chi connectivity index (χ1) is 13.5. The molecule has 0 aliphatic carbocycles. The average molecular weight is 398 g/mol. The Balaban J connectivity index is 1.78. The first-order valence-corrected chi connectivity index (χ1v) is 9.12. The number of hydrazone groups is 1. The molecule has 0 fully saturated rings. The Kier molecular flexibility index (Phi) is 6.06. The SMILES string of the molecule is CCOC(=O)c1ccc(-n2c(C)cc(/C=N/Nc3ccc(Cl)nn3)c2C)cc1. The molecule has 0 spiro atoms. The molecule has 0 radical (unpaired) electrons. The molecular formula is C20H20ClN5O2. The molecule has 3 aromatic rings. The number of benzene rings is 1. The lowest BCUT2D eigenvalue weighted by Crippen LogP contribution is -2.05. The molecule has 3 rings (SSSR count). The molecule has 2 aromatic heterocycles. The molecule has 144 valence electrons. The van der Waals surface area contributed by atoms with E-state index in [1.807, 2.05) is 32.0 Å². The predicted molar refractivity (Wildman–Crippen MR) is 109 cm³/mol. The third kappa shape index (κ3) is 4.37. The molecule has 28 heavy (non-hydrogen) atoms. The summed E-state index contributed by atoms with van der Waals surface area (Å²) in [5.41, 5.74) is 7.34. The second-order valence-corrected chi connectivity index (χ2v) is 6.43. The Labute approximate surface area is 168 Å². The summed E-state index contributed by atoms with van der Waals surface area (Å²) in [6, 6.07) is 12.7. The van der Waals surface area contributed by atoms with Gasteiger partial charge in [0.1, 0.15) is 0 Å². The van der Waals surface area contributed by atoms with Gasteiger partial charge in [0, 0.05) is 22.6 Å². The number of ether oxygens (including phenoxy) is 1. The van der Waals surface area contributed by atoms with E-state index >= 15 is 0 Å². The van der Waals surface area contributed by atoms with Gasteiger partial charge in [-0.15, -0.1) is 10.2 Å². The number of rotatable bonds is 6. The Morgan fingerprint density at radius 2 is 1.96 bits per heavy atom. The average Bonchev–Trinajstić information content (AvgIpc) is 2.97. The first kappa shape index (κ1) is 19.6. The number of aryl methyl sites for hydroxylation is 1. The van der Waals surface area contributed by atoms with E-state index in [0.717, 1.165) is 22.6 Å². The van der Waals surface area contributed by atoms with Crippen molar-refractivity contribution in [2.75, 3.05) is 12.0 Å². The van der Waals surface area contributed by atoms with Crippen LogP contribution in [0.25, 0.3) is 5.69 Å². The quantitative estimate of drug-likeness (QED) is 0.383. The Bertz CT molecular complexity index is 995. The molecule has 8 heteroatoms. The van der Waals surface area contributed by atoms with Gasteiger partial charge in [0.25, 0.3) is 0 Å². The van der Waals surface area contributed by atoms with Gasteiger partial charge in [0.15, 0.2) is 11.0 Å². The van der Waals surface area contributed by atoms with Crippen LogP contribution in [0.3, 0.4) is 0 Å². The lowest BCUT2D eigenvalue weighted by atomic mass is 10.2. The van der Waals surface area contributed by atoms with Gasteiger partial charge in [0.2, 0.25) is 0 Å². The normalized spacial score (nSPS) is 11.0. The summed E-state index contributed by atoms with van der Waals surface area (Å²) in [6.45, 7) is 6.17. The van der Waals surface area contributed by atoms with Gasteiger partial charge in [-0.1, -0.05) is 11.6 Å². The number of carbonyl (C=O) groups excluding carboxylic acids is 1. The monoisotopic (exact) mass is 397 g/mol. The summed E-state index contributed by atoms with van der Waals surface area (Å²) in [6.07, 6.45) is 1.72. The second kappa shape index (κ2) is 8.67. The summed E-state index contributed by atoms with van der Waals surface area (Å²) < 4.78 is 7.12. The second-order valence-electron chi connectivity index (χ2n) is 6.04. The smallest absolute Gasteiger partial charge is 0.338 e. The van der Waals surface area contributed by atoms with E-state index < -0.39 is 0 Å². The van der Waals surface area contributed by atoms with E-state index in [-0.39, 0.29) is 5.97 Å². The van der Waals surface area contributed by atoms with Crippen molar-refractivity contribution in [2.45, 2.75) is 20.8 Å². The van der Waals surface area contributed by atoms with E-state index in [2.05, 4.69) is 25.3 Å². The van der Waals surface area contributed by atoms with Crippen LogP contribution in [0.15, 0.2) is 47.6 Å². The Morgan fingerprint density at radius 3 is 2.61 bits per heavy atom. The predicted octanol–water partition coefficient (Wildman–Crippen LogP) is 4.16. The van der Waals surface area contributed by atoms with E-state index in [0.29, 0.717) is 23.1 Å². The zero-order valence-corrected chi connectivity index (χ0v) is 16.6. The molecule has 0 saturated carbocycles. The summed E-state index contributed by atoms with van der Waals surface area (Å²) in [7, 11) is 0. The van der Waals surface area contributed by atoms with Gasteiger partial charge < -0.3 is 9.30 Å². The number of nitrogens with zero attached hydrogens (tertiary/aromatic N) is 4. The molecule has 0 unspecified atom stereocenters. The number of aromatic nitrogens is 3. The summed E-state index contributed by atoms with van der Waals surface area (Å²) in [5, 5.41) is 12.2. The van der Waals surface area contributed by atoms with Gasteiger partial charge in [-0.25, -0.2) is 4.79 Å². The molecule has 0 aliphatic heterocycles. The van der Waals surface area contributed by atoms with Crippen LogP contribution in [0.1, 0.15) is 34.2 Å². The highest BCUT2D eigenvalue weighted by atomic mass is 35.5. The van der Waals surface area contributed by atoms with Crippen LogP contribution in [-0.4, -0.2) is 33.6 Å². The van der Waals surface area contributed by atoms with Crippen LogP contribution >= 0.6 is 11.6 Å². The van der Waals surface area contributed by atoms with Crippen molar-refractivity contribution < 1.29 is 9.53 Å². The van der Waals surface area contributed by atoms with E-state index in [1.54, 1.807) is 37.4 Å². The van der Waals surface area contributed by atoms with Crippen molar-refractivity contribution in [2.24, 2.45) is 5.10 Å². The van der Waals surface area contributed by atoms with Crippen molar-refractivity contribution in [3.05, 3.63) is 70.1 Å². The van der Waals surface area contributed by atoms with E-state index in [9.17, 15) is 4.79 Å². The summed E-state index contributed by atoms with van der Waals surface area (Å²) >= 11 is 5.72. The molecule has 1 aromatic carbocycles. The van der Waals surface area contributed by atoms with E-state index in [4.69, 9.17) is 16.3 Å². The van der Waals surface area contributed by atoms with Crippen molar-refractivity contribution in [3.63, 3.8) is 0 Å². The standard InChI is InChI=1S/C20H20ClN5O2/c1-4-28-20(27)15-5-7-17(8-6-15)26-13(2)11-16(14(26)3)12-22-24-19-10-9-18(21)23-25-19/h5-12H,4H2,1-3H3,(H,24,25)/b22-12+. The Hall–Kier alpha value is -3.19. The van der Waals surface area contributed by atoms with Gasteiger partial charge in [-0.2, -0.15) is 5.10 Å². The number of hydrogen-bond acceptors (Lipinski definition) is 6. The van der Waals surface area contributed by atoms with Crippen molar-refractivity contribution in [1.29, 1.82) is 0 Å². The van der Waals surface area contributed by atoms with Crippen LogP contribution < -0.4 is 5.43 Å². The fourth-order valence-corrected chi connectivity index (χ4v) is 2.92. The van der Waals surface area contributed by atoms with Crippen LogP contribution in [0.2, 0.25) is 5.15 Å². The van der Waals surface area contributed by atoms with Crippen molar-refractivity contribution >= 4 is 29.6 Å². The highest BCUT2D eigenvalue weighted by Crippen LogP contribution is 2.20. The number of halogens is 1. The third-order valence-electron chi connectivity index (χ3n) is 4.12. The molecule has 0 saturated heterocycles. The van der Waals surface area contributed by atoms with Gasteiger partial charge in [-0.05, 0) is 63.2 Å². The maximum absolute atomic E-state index is 11.8. The number of esters is 1. The van der Waals surface area contributed by atoms with E-state index in [1.165, 1.54) is 0 Å². The molecule has 1 N–H and O–H groups in total. The van der Waals surface area contributed by atoms with Gasteiger partial charge in [-0.3, -0.25) is 5.43 Å². The first-order valence-electron chi connectivity index (χ1n) is 8.74. The summed E-state index contributed by atoms with van der Waals surface area (Å²) in [4.78, 5) is 11.8. The number of hydrogen-bond donors (Lipinski definition) is 1. The number of anilines is 1. The molecular weight excluding hydrogens is 378 g/mol. The molecule has 0 atom stereocenters. The highest BCUT2D eigenvalue weighted by molar-refractivity contribution is 6.29. The largest absolute Gasteiger partial charge is 0.462 e. The molecule has 0 bridgehead atoms. The zero-order chi connectivity index (χ0) is 20.1. The van der Waals surface area contributed by atoms with Crippen LogP contribution in [0.4, 0.5) is 5.82 Å². The lowest BCUT2D eigenvalue weighted by Gasteiger charge is -2.10. The zero-order valence-electron chi connectivity index (χ0n) is 15.8. The maximum Gasteiger partial charge on any atom is 0.338 e. The van der Waals surface area contributed by atoms with Gasteiger partial charge in [0.05, 0.1) is 18.4 Å². The molecule has 2 heterocycles. The lowest BCUT2D eigenvalue weighted by molar-refractivity contribution is 0.0526. The minimum Gasteiger partial charge on any atom is -0.462 e. The number of carbonyl (C=O) groups is 1. The van der Waals surface area contributed by atoms with Gasteiger partial charge >= 0.3 is 5.97 Å². The van der Waals surface area contributed by atoms with Crippen LogP contribution in [0.5, 0.6) is 0 Å². The van der Waals surface area contributed by atoms with Crippen molar-refractivity contribution in [3.8, 4) is 5.69 Å². The fourth-order valence-electron chi connectivity index (χ4n) is 2.82. The summed E-state index contributed by atoms with van der Waals surface area (Å²) in [5.74, 6) is 0.184. The molecule has 0 aliphatic rings. The number of nitrogens with one attached hydrogen (secondary N) is 1.